The highest BCUT2D eigenvalue weighted by Crippen LogP contribution is 2.46. The number of anilines is 1. The second-order valence-corrected chi connectivity index (χ2v) is 20.5. The van der Waals surface area contributed by atoms with Crippen molar-refractivity contribution in [3.8, 4) is 23.0 Å². The first-order valence-electron chi connectivity index (χ1n) is 20.8. The monoisotopic (exact) mass is 880 g/mol. The van der Waals surface area contributed by atoms with Crippen LogP contribution in [0.25, 0.3) is 22.2 Å². The Balaban J connectivity index is 1.24. The van der Waals surface area contributed by atoms with Crippen LogP contribution < -0.4 is 30.1 Å². The van der Waals surface area contributed by atoms with Gasteiger partial charge in [0.05, 0.1) is 24.6 Å². The number of nitrogens with one attached hydrogen (secondary N) is 4. The number of allylic oxidation sites excluding steroid dienone is 1. The van der Waals surface area contributed by atoms with E-state index in [9.17, 15) is 27.6 Å². The number of amides is 4. The molecule has 1 aromatic carbocycles. The summed E-state index contributed by atoms with van der Waals surface area (Å²) in [7, 11) is -0.504. The maximum atomic E-state index is 14.8. The fraction of sp³-hybridized carbons (Fsp3) is 0.571. The molecule has 4 amide bonds. The van der Waals surface area contributed by atoms with Gasteiger partial charge in [0.15, 0.2) is 5.13 Å². The van der Waals surface area contributed by atoms with Crippen molar-refractivity contribution in [3.63, 3.8) is 0 Å². The number of carbonyl (C=O) groups is 4. The Hall–Kier alpha value is -5.01. The van der Waals surface area contributed by atoms with Crippen molar-refractivity contribution in [1.82, 2.24) is 35.1 Å². The Morgan fingerprint density at radius 3 is 2.56 bits per heavy atom. The van der Waals surface area contributed by atoms with E-state index in [1.807, 2.05) is 61.5 Å². The number of rotatable bonds is 10. The average Bonchev–Trinajstić information content (AvgIpc) is 4.06. The number of nitrogens with zero attached hydrogens (tertiary/aromatic N) is 4. The van der Waals surface area contributed by atoms with Gasteiger partial charge in [-0.2, -0.15) is 0 Å². The summed E-state index contributed by atoms with van der Waals surface area (Å²) in [5.41, 5.74) is -1.23. The number of pyridine rings is 1. The summed E-state index contributed by atoms with van der Waals surface area (Å²) < 4.78 is 45.9. The van der Waals surface area contributed by atoms with E-state index in [1.54, 1.807) is 33.9 Å². The zero-order valence-electron chi connectivity index (χ0n) is 35.6. The van der Waals surface area contributed by atoms with Gasteiger partial charge in [0.1, 0.15) is 40.8 Å². The lowest BCUT2D eigenvalue weighted by molar-refractivity contribution is -0.141. The molecule has 0 bridgehead atoms. The maximum Gasteiger partial charge on any atom is 0.408 e. The molecule has 1 saturated heterocycles. The number of thiazole rings is 1. The summed E-state index contributed by atoms with van der Waals surface area (Å²) in [4.78, 5) is 69.5. The minimum atomic E-state index is -3.93. The predicted molar refractivity (Wildman–Crippen MR) is 231 cm³/mol. The highest BCUT2D eigenvalue weighted by Gasteiger charge is 2.62. The number of hydrogen-bond acceptors (Lipinski definition) is 14. The van der Waals surface area contributed by atoms with Gasteiger partial charge in [-0.25, -0.2) is 23.2 Å². The Labute approximate surface area is 360 Å². The van der Waals surface area contributed by atoms with Gasteiger partial charge in [0, 0.05) is 35.7 Å². The van der Waals surface area contributed by atoms with Crippen LogP contribution in [0.4, 0.5) is 9.93 Å². The Bertz CT molecular complexity index is 2310. The number of sulfonamides is 1. The molecule has 2 saturated carbocycles. The molecule has 1 unspecified atom stereocenters. The van der Waals surface area contributed by atoms with E-state index in [1.165, 1.54) is 16.2 Å². The third-order valence-corrected chi connectivity index (χ3v) is 13.6. The molecule has 330 valence electrons. The standard InChI is InChI=1S/C42H56N8O9S2/c1-24(2)43-39-45-33(23-60-39)31-18-25-17-27(57-7)12-15-30(25)36(44-31)58-28-19-34-35(51)47-42(38(53)48-61(55,56)29-13-14-29)20-26(42)11-9-8-10-16-49(6)22-32(37(52)50(34)21-28)46-40(54)59-41(3,4)5/h9,11-12,15,17-18,23-24,26,28-29,32,34H,8,10,13-14,16,19-22H2,1-7H3,(H,43,45)(H,46,54)(H,47,51)(H,48,53)/b11-9-/t26-,28?,32+,34+,42-/m1/s1. The summed E-state index contributed by atoms with van der Waals surface area (Å²) in [6.07, 6.45) is 4.62. The molecule has 4 N–H and O–H groups in total. The number of likely N-dealkylation sites (N-methyl/N-ethyl adjacent to an activating group) is 1. The molecule has 0 radical (unpaired) electrons. The maximum absolute atomic E-state index is 14.8. The van der Waals surface area contributed by atoms with Crippen molar-refractivity contribution in [2.24, 2.45) is 5.92 Å². The van der Waals surface area contributed by atoms with Crippen molar-refractivity contribution in [2.45, 2.75) is 114 Å². The van der Waals surface area contributed by atoms with Crippen LogP contribution in [0.1, 0.15) is 73.1 Å². The lowest BCUT2D eigenvalue weighted by Gasteiger charge is -2.32. The molecular weight excluding hydrogens is 825 g/mol. The van der Waals surface area contributed by atoms with E-state index in [-0.39, 0.29) is 37.9 Å². The quantitative estimate of drug-likeness (QED) is 0.211. The zero-order chi connectivity index (χ0) is 43.9. The van der Waals surface area contributed by atoms with Gasteiger partial charge in [0.2, 0.25) is 27.7 Å². The van der Waals surface area contributed by atoms with Crippen molar-refractivity contribution < 1.29 is 41.8 Å². The van der Waals surface area contributed by atoms with E-state index in [0.717, 1.165) is 10.5 Å². The number of ether oxygens (including phenoxy) is 3. The Morgan fingerprint density at radius 2 is 1.85 bits per heavy atom. The highest BCUT2D eigenvalue weighted by atomic mass is 32.2. The van der Waals surface area contributed by atoms with Crippen LogP contribution in [0.5, 0.6) is 11.6 Å². The zero-order valence-corrected chi connectivity index (χ0v) is 37.3. The number of fused-ring (bicyclic) bond motifs is 3. The van der Waals surface area contributed by atoms with Crippen molar-refractivity contribution >= 4 is 61.1 Å². The fourth-order valence-corrected chi connectivity index (χ4v) is 9.95. The molecule has 7 rings (SSSR count). The first-order valence-corrected chi connectivity index (χ1v) is 23.2. The molecule has 5 atom stereocenters. The van der Waals surface area contributed by atoms with Crippen LogP contribution in [0.2, 0.25) is 0 Å². The van der Waals surface area contributed by atoms with Crippen molar-refractivity contribution in [3.05, 3.63) is 41.8 Å². The van der Waals surface area contributed by atoms with Crippen molar-refractivity contribution in [2.75, 3.05) is 39.1 Å². The second kappa shape index (κ2) is 17.4. The van der Waals surface area contributed by atoms with E-state index in [4.69, 9.17) is 24.2 Å². The summed E-state index contributed by atoms with van der Waals surface area (Å²) >= 11 is 1.45. The number of methoxy groups -OCH3 is 1. The van der Waals surface area contributed by atoms with Gasteiger partial charge < -0.3 is 40.0 Å². The van der Waals surface area contributed by atoms with Gasteiger partial charge in [0.25, 0.3) is 5.91 Å². The molecule has 17 nitrogen and oxygen atoms in total. The molecule has 2 aromatic heterocycles. The molecule has 3 aromatic rings. The first-order chi connectivity index (χ1) is 28.8. The minimum Gasteiger partial charge on any atom is -0.497 e. The number of hydrogen-bond donors (Lipinski definition) is 4. The van der Waals surface area contributed by atoms with Crippen molar-refractivity contribution in [1.29, 1.82) is 0 Å². The van der Waals surface area contributed by atoms with E-state index < -0.39 is 74.3 Å². The molecule has 4 aliphatic rings. The number of aromatic nitrogens is 2. The lowest BCUT2D eigenvalue weighted by atomic mass is 10.1. The fourth-order valence-electron chi connectivity index (χ4n) is 7.73. The molecule has 3 fully saturated rings. The average molecular weight is 881 g/mol. The van der Waals surface area contributed by atoms with Gasteiger partial charge in [-0.15, -0.1) is 11.3 Å². The molecule has 2 aliphatic heterocycles. The molecule has 0 spiro atoms. The van der Waals surface area contributed by atoms with Crippen LogP contribution in [-0.2, 0) is 29.1 Å². The third kappa shape index (κ3) is 10.4. The molecule has 19 heteroatoms. The molecule has 4 heterocycles. The number of benzene rings is 1. The number of alkyl carbamates (subject to hydrolysis) is 1. The largest absolute Gasteiger partial charge is 0.497 e. The highest BCUT2D eigenvalue weighted by molar-refractivity contribution is 7.91. The lowest BCUT2D eigenvalue weighted by Crippen LogP contribution is -2.59. The van der Waals surface area contributed by atoms with Gasteiger partial charge in [-0.3, -0.25) is 19.1 Å². The summed E-state index contributed by atoms with van der Waals surface area (Å²) in [6, 6.07) is 5.24. The van der Waals surface area contributed by atoms with Gasteiger partial charge in [-0.1, -0.05) is 12.2 Å². The Kier molecular flexibility index (Phi) is 12.6. The van der Waals surface area contributed by atoms with Gasteiger partial charge in [-0.05, 0) is 110 Å². The Morgan fingerprint density at radius 1 is 1.08 bits per heavy atom. The van der Waals surface area contributed by atoms with Crippen LogP contribution >= 0.6 is 11.3 Å². The topological polar surface area (TPSA) is 210 Å². The van der Waals surface area contributed by atoms with E-state index in [2.05, 4.69) is 20.7 Å². The predicted octanol–water partition coefficient (Wildman–Crippen LogP) is 4.19. The normalized spacial score (nSPS) is 25.7. The summed E-state index contributed by atoms with van der Waals surface area (Å²) in [6.45, 7) is 9.82. The molecule has 61 heavy (non-hydrogen) atoms. The van der Waals surface area contributed by atoms with Crippen LogP contribution in [0.15, 0.2) is 41.8 Å². The summed E-state index contributed by atoms with van der Waals surface area (Å²) in [5, 5.41) is 12.4. The SMILES string of the molecule is COc1ccc2c(OC3C[C@H]4C(=O)N[C@]5(C(=O)NS(=O)(=O)C6CC6)C[C@H]5/C=C\CCCN(C)C[C@H](NC(=O)OC(C)(C)C)C(=O)N4C3)nc(-c3csc(NC(C)C)n3)cc2c1. The van der Waals surface area contributed by atoms with Gasteiger partial charge >= 0.3 is 6.09 Å². The second-order valence-electron chi connectivity index (χ2n) is 17.7. The molecule has 2 aliphatic carbocycles. The third-order valence-electron chi connectivity index (χ3n) is 11.0. The molecular formula is C42H56N8O9S2. The smallest absolute Gasteiger partial charge is 0.408 e. The van der Waals surface area contributed by atoms with E-state index in [0.29, 0.717) is 54.8 Å². The summed E-state index contributed by atoms with van der Waals surface area (Å²) in [5.74, 6) is -1.62. The first kappa shape index (κ1) is 44.1. The van der Waals surface area contributed by atoms with E-state index >= 15 is 0 Å². The number of carbonyl (C=O) groups excluding carboxylic acids is 4. The van der Waals surface area contributed by atoms with Crippen LogP contribution in [0.3, 0.4) is 0 Å². The van der Waals surface area contributed by atoms with Crippen LogP contribution in [-0.4, -0.2) is 126 Å². The van der Waals surface area contributed by atoms with Crippen LogP contribution in [0, 0.1) is 5.92 Å². The minimum absolute atomic E-state index is 0.00609.